The van der Waals surface area contributed by atoms with E-state index in [9.17, 15) is 4.79 Å². The Hall–Kier alpha value is -1.82. The van der Waals surface area contributed by atoms with Crippen molar-refractivity contribution >= 4 is 40.5 Å². The van der Waals surface area contributed by atoms with Gasteiger partial charge in [-0.3, -0.25) is 9.78 Å². The van der Waals surface area contributed by atoms with Gasteiger partial charge < -0.3 is 15.0 Å². The zero-order chi connectivity index (χ0) is 16.2. The summed E-state index contributed by atoms with van der Waals surface area (Å²) in [4.78, 5) is 18.4. The third-order valence-corrected chi connectivity index (χ3v) is 4.04. The summed E-state index contributed by atoms with van der Waals surface area (Å²) in [5.41, 5.74) is 1.84. The number of carbonyl (C=O) groups excluding carboxylic acids is 1. The maximum Gasteiger partial charge on any atom is 0.272 e. The lowest BCUT2D eigenvalue weighted by Gasteiger charge is -2.26. The highest BCUT2D eigenvalue weighted by atomic mass is 35.5. The molecule has 0 unspecified atom stereocenters. The molecule has 1 aliphatic rings. The van der Waals surface area contributed by atoms with E-state index in [4.69, 9.17) is 27.9 Å². The third kappa shape index (κ3) is 3.93. The number of carbonyl (C=O) groups is 1. The average molecular weight is 352 g/mol. The van der Waals surface area contributed by atoms with Crippen molar-refractivity contribution in [2.24, 2.45) is 0 Å². The van der Waals surface area contributed by atoms with Gasteiger partial charge in [0.05, 0.1) is 23.9 Å². The molecule has 5 nitrogen and oxygen atoms in total. The molecule has 1 aliphatic heterocycles. The van der Waals surface area contributed by atoms with Crippen LogP contribution >= 0.6 is 23.2 Å². The van der Waals surface area contributed by atoms with Gasteiger partial charge >= 0.3 is 0 Å². The maximum atomic E-state index is 12.5. The first-order valence-electron chi connectivity index (χ1n) is 7.18. The zero-order valence-electron chi connectivity index (χ0n) is 12.3. The van der Waals surface area contributed by atoms with Gasteiger partial charge in [0.1, 0.15) is 5.69 Å². The molecule has 0 spiro atoms. The van der Waals surface area contributed by atoms with Crippen molar-refractivity contribution in [2.45, 2.75) is 0 Å². The standard InChI is InChI=1S/C16H15Cl2N3O2/c17-11-1-2-14(13(18)9-11)20-12-3-4-19-15(10-12)16(22)21-5-7-23-8-6-21/h1-4,9-10H,5-8H2,(H,19,20). The van der Waals surface area contributed by atoms with Crippen LogP contribution in [0, 0.1) is 0 Å². The zero-order valence-corrected chi connectivity index (χ0v) is 13.8. The Balaban J connectivity index is 1.78. The number of pyridine rings is 1. The molecule has 1 aromatic carbocycles. The number of ether oxygens (including phenoxy) is 1. The van der Waals surface area contributed by atoms with Crippen molar-refractivity contribution in [3.8, 4) is 0 Å². The maximum absolute atomic E-state index is 12.5. The highest BCUT2D eigenvalue weighted by Crippen LogP contribution is 2.28. The van der Waals surface area contributed by atoms with E-state index >= 15 is 0 Å². The SMILES string of the molecule is O=C(c1cc(Nc2ccc(Cl)cc2Cl)ccn1)N1CCOCC1. The molecule has 1 fully saturated rings. The fourth-order valence-electron chi connectivity index (χ4n) is 2.30. The van der Waals surface area contributed by atoms with Gasteiger partial charge in [-0.05, 0) is 30.3 Å². The molecule has 0 radical (unpaired) electrons. The van der Waals surface area contributed by atoms with E-state index < -0.39 is 0 Å². The summed E-state index contributed by atoms with van der Waals surface area (Å²) >= 11 is 12.0. The quantitative estimate of drug-likeness (QED) is 0.917. The van der Waals surface area contributed by atoms with E-state index in [1.807, 2.05) is 0 Å². The third-order valence-electron chi connectivity index (χ3n) is 3.49. The first-order chi connectivity index (χ1) is 11.1. The predicted molar refractivity (Wildman–Crippen MR) is 90.7 cm³/mol. The molecule has 0 aliphatic carbocycles. The fraction of sp³-hybridized carbons (Fsp3) is 0.250. The minimum atomic E-state index is -0.0980. The number of nitrogens with one attached hydrogen (secondary N) is 1. The Morgan fingerprint density at radius 3 is 2.70 bits per heavy atom. The number of halogens is 2. The summed E-state index contributed by atoms with van der Waals surface area (Å²) in [6.45, 7) is 2.29. The molecule has 0 atom stereocenters. The van der Waals surface area contributed by atoms with Crippen LogP contribution in [0.15, 0.2) is 36.5 Å². The van der Waals surface area contributed by atoms with Gasteiger partial charge in [0.15, 0.2) is 0 Å². The van der Waals surface area contributed by atoms with Gasteiger partial charge in [0.25, 0.3) is 5.91 Å². The summed E-state index contributed by atoms with van der Waals surface area (Å²) in [5.74, 6) is -0.0980. The van der Waals surface area contributed by atoms with E-state index in [2.05, 4.69) is 10.3 Å². The number of aromatic nitrogens is 1. The molecule has 1 aromatic heterocycles. The van der Waals surface area contributed by atoms with Crippen LogP contribution in [0.25, 0.3) is 0 Å². The number of hydrogen-bond donors (Lipinski definition) is 1. The number of rotatable bonds is 3. The normalized spacial score (nSPS) is 14.6. The lowest BCUT2D eigenvalue weighted by molar-refractivity contribution is 0.0299. The number of benzene rings is 1. The van der Waals surface area contributed by atoms with Crippen LogP contribution in [-0.4, -0.2) is 42.1 Å². The van der Waals surface area contributed by atoms with Crippen LogP contribution in [0.1, 0.15) is 10.5 Å². The van der Waals surface area contributed by atoms with E-state index in [1.165, 1.54) is 0 Å². The summed E-state index contributed by atoms with van der Waals surface area (Å²) in [6, 6.07) is 8.68. The monoisotopic (exact) mass is 351 g/mol. The second-order valence-corrected chi connectivity index (χ2v) is 5.93. The number of anilines is 2. The van der Waals surface area contributed by atoms with Crippen LogP contribution < -0.4 is 5.32 Å². The first-order valence-corrected chi connectivity index (χ1v) is 7.94. The van der Waals surface area contributed by atoms with Crippen LogP contribution in [-0.2, 0) is 4.74 Å². The Morgan fingerprint density at radius 1 is 1.17 bits per heavy atom. The molecule has 0 saturated carbocycles. The Kier molecular flexibility index (Phi) is 5.00. The van der Waals surface area contributed by atoms with Gasteiger partial charge in [0, 0.05) is 30.0 Å². The molecule has 0 bridgehead atoms. The molecule has 1 saturated heterocycles. The van der Waals surface area contributed by atoms with Crippen LogP contribution in [0.2, 0.25) is 10.0 Å². The summed E-state index contributed by atoms with van der Waals surface area (Å²) in [6.07, 6.45) is 1.60. The highest BCUT2D eigenvalue weighted by molar-refractivity contribution is 6.36. The molecule has 23 heavy (non-hydrogen) atoms. The Morgan fingerprint density at radius 2 is 1.96 bits per heavy atom. The van der Waals surface area contributed by atoms with E-state index in [0.29, 0.717) is 47.7 Å². The largest absolute Gasteiger partial charge is 0.378 e. The topological polar surface area (TPSA) is 54.5 Å². The van der Waals surface area contributed by atoms with Crippen molar-refractivity contribution in [3.05, 3.63) is 52.3 Å². The molecule has 2 heterocycles. The van der Waals surface area contributed by atoms with Crippen molar-refractivity contribution < 1.29 is 9.53 Å². The van der Waals surface area contributed by atoms with Crippen molar-refractivity contribution in [3.63, 3.8) is 0 Å². The number of amides is 1. The van der Waals surface area contributed by atoms with E-state index in [-0.39, 0.29) is 5.91 Å². The molecule has 2 aromatic rings. The van der Waals surface area contributed by atoms with Crippen LogP contribution in [0.5, 0.6) is 0 Å². The molecule has 120 valence electrons. The van der Waals surface area contributed by atoms with Crippen molar-refractivity contribution in [1.29, 1.82) is 0 Å². The summed E-state index contributed by atoms with van der Waals surface area (Å²) in [7, 11) is 0. The van der Waals surface area contributed by atoms with Crippen LogP contribution in [0.4, 0.5) is 11.4 Å². The van der Waals surface area contributed by atoms with Gasteiger partial charge in [-0.1, -0.05) is 23.2 Å². The molecule has 3 rings (SSSR count). The van der Waals surface area contributed by atoms with Crippen LogP contribution in [0.3, 0.4) is 0 Å². The predicted octanol–water partition coefficient (Wildman–Crippen LogP) is 3.60. The molecule has 1 N–H and O–H groups in total. The van der Waals surface area contributed by atoms with Crippen molar-refractivity contribution in [2.75, 3.05) is 31.6 Å². The summed E-state index contributed by atoms with van der Waals surface area (Å²) < 4.78 is 5.26. The van der Waals surface area contributed by atoms with E-state index in [1.54, 1.807) is 41.4 Å². The fourth-order valence-corrected chi connectivity index (χ4v) is 2.76. The van der Waals surface area contributed by atoms with Gasteiger partial charge in [0.2, 0.25) is 0 Å². The lowest BCUT2D eigenvalue weighted by atomic mass is 10.2. The first kappa shape index (κ1) is 16.1. The molecule has 7 heteroatoms. The lowest BCUT2D eigenvalue weighted by Crippen LogP contribution is -2.41. The van der Waals surface area contributed by atoms with E-state index in [0.717, 1.165) is 5.69 Å². The molecular formula is C16H15Cl2N3O2. The number of nitrogens with zero attached hydrogens (tertiary/aromatic N) is 2. The molecular weight excluding hydrogens is 337 g/mol. The number of hydrogen-bond acceptors (Lipinski definition) is 4. The average Bonchev–Trinajstić information content (AvgIpc) is 2.58. The van der Waals surface area contributed by atoms with Gasteiger partial charge in [-0.25, -0.2) is 0 Å². The second-order valence-electron chi connectivity index (χ2n) is 5.08. The smallest absolute Gasteiger partial charge is 0.272 e. The molecule has 1 amide bonds. The minimum Gasteiger partial charge on any atom is -0.378 e. The van der Waals surface area contributed by atoms with Gasteiger partial charge in [-0.2, -0.15) is 0 Å². The minimum absolute atomic E-state index is 0.0980. The highest BCUT2D eigenvalue weighted by Gasteiger charge is 2.19. The Bertz CT molecular complexity index is 718. The van der Waals surface area contributed by atoms with Gasteiger partial charge in [-0.15, -0.1) is 0 Å². The second kappa shape index (κ2) is 7.17. The van der Waals surface area contributed by atoms with Crippen molar-refractivity contribution in [1.82, 2.24) is 9.88 Å². The Labute approximate surface area is 144 Å². The number of morpholine rings is 1. The summed E-state index contributed by atoms with van der Waals surface area (Å²) in [5, 5.41) is 4.25.